The highest BCUT2D eigenvalue weighted by atomic mass is 16.1. The molecule has 1 aromatic rings. The molecule has 0 saturated heterocycles. The summed E-state index contributed by atoms with van der Waals surface area (Å²) in [4.78, 5) is 19.5. The van der Waals surface area contributed by atoms with Crippen molar-refractivity contribution in [1.29, 1.82) is 0 Å². The first-order chi connectivity index (χ1) is 9.33. The van der Waals surface area contributed by atoms with Crippen LogP contribution in [0.15, 0.2) is 4.79 Å². The molecule has 1 fully saturated rings. The maximum absolute atomic E-state index is 12.1. The van der Waals surface area contributed by atoms with Crippen LogP contribution in [-0.2, 0) is 12.8 Å². The number of nitrogens with zero attached hydrogens (tertiary/aromatic N) is 1. The summed E-state index contributed by atoms with van der Waals surface area (Å²) in [7, 11) is 0. The average molecular weight is 262 g/mol. The van der Waals surface area contributed by atoms with Gasteiger partial charge in [-0.1, -0.05) is 12.8 Å². The zero-order valence-corrected chi connectivity index (χ0v) is 11.3. The van der Waals surface area contributed by atoms with Crippen molar-refractivity contribution in [3.63, 3.8) is 0 Å². The van der Waals surface area contributed by atoms with E-state index in [0.717, 1.165) is 49.7 Å². The van der Waals surface area contributed by atoms with Crippen molar-refractivity contribution in [3.8, 4) is 0 Å². The molecular formula is C14H22N4O. The SMILES string of the molecule is O=c1[nH]c(NCC2CCCC2)nc2c1CCNCC2. The van der Waals surface area contributed by atoms with Gasteiger partial charge < -0.3 is 10.6 Å². The van der Waals surface area contributed by atoms with Crippen molar-refractivity contribution in [2.24, 2.45) is 5.92 Å². The highest BCUT2D eigenvalue weighted by molar-refractivity contribution is 5.31. The van der Waals surface area contributed by atoms with E-state index in [9.17, 15) is 4.79 Å². The molecule has 2 aliphatic rings. The van der Waals surface area contributed by atoms with Crippen molar-refractivity contribution in [2.45, 2.75) is 38.5 Å². The molecule has 1 aromatic heterocycles. The largest absolute Gasteiger partial charge is 0.355 e. The molecule has 19 heavy (non-hydrogen) atoms. The highest BCUT2D eigenvalue weighted by Gasteiger charge is 2.17. The van der Waals surface area contributed by atoms with E-state index in [4.69, 9.17) is 0 Å². The lowest BCUT2D eigenvalue weighted by Gasteiger charge is -2.12. The Morgan fingerprint density at radius 3 is 2.84 bits per heavy atom. The molecule has 3 rings (SSSR count). The molecule has 2 heterocycles. The van der Waals surface area contributed by atoms with Gasteiger partial charge in [0.25, 0.3) is 5.56 Å². The fourth-order valence-corrected chi connectivity index (χ4v) is 3.09. The van der Waals surface area contributed by atoms with Gasteiger partial charge in [0.15, 0.2) is 0 Å². The fourth-order valence-electron chi connectivity index (χ4n) is 3.09. The van der Waals surface area contributed by atoms with Gasteiger partial charge in [0.2, 0.25) is 5.95 Å². The van der Waals surface area contributed by atoms with Crippen molar-refractivity contribution in [2.75, 3.05) is 25.0 Å². The maximum Gasteiger partial charge on any atom is 0.255 e. The third-order valence-electron chi connectivity index (χ3n) is 4.22. The Morgan fingerprint density at radius 1 is 1.21 bits per heavy atom. The molecule has 3 N–H and O–H groups in total. The third-order valence-corrected chi connectivity index (χ3v) is 4.22. The monoisotopic (exact) mass is 262 g/mol. The minimum Gasteiger partial charge on any atom is -0.355 e. The molecule has 5 nitrogen and oxygen atoms in total. The second-order valence-electron chi connectivity index (χ2n) is 5.62. The molecule has 1 aliphatic heterocycles. The number of fused-ring (bicyclic) bond motifs is 1. The van der Waals surface area contributed by atoms with Crippen LogP contribution in [0.5, 0.6) is 0 Å². The van der Waals surface area contributed by atoms with Crippen molar-refractivity contribution < 1.29 is 0 Å². The molecule has 0 amide bonds. The number of aromatic nitrogens is 2. The summed E-state index contributed by atoms with van der Waals surface area (Å²) in [6, 6.07) is 0. The molecule has 1 saturated carbocycles. The van der Waals surface area contributed by atoms with E-state index in [1.807, 2.05) is 0 Å². The predicted octanol–water partition coefficient (Wildman–Crippen LogP) is 1.06. The summed E-state index contributed by atoms with van der Waals surface area (Å²) in [5.41, 5.74) is 1.85. The van der Waals surface area contributed by atoms with Crippen LogP contribution >= 0.6 is 0 Å². The summed E-state index contributed by atoms with van der Waals surface area (Å²) >= 11 is 0. The molecule has 0 atom stereocenters. The molecule has 0 bridgehead atoms. The van der Waals surface area contributed by atoms with Gasteiger partial charge in [-0.2, -0.15) is 0 Å². The van der Waals surface area contributed by atoms with E-state index < -0.39 is 0 Å². The lowest BCUT2D eigenvalue weighted by Crippen LogP contribution is -2.22. The Balaban J connectivity index is 1.73. The topological polar surface area (TPSA) is 69.8 Å². The first-order valence-electron chi connectivity index (χ1n) is 7.39. The Bertz CT molecular complexity index is 491. The van der Waals surface area contributed by atoms with Gasteiger partial charge in [0.05, 0.1) is 5.69 Å². The summed E-state index contributed by atoms with van der Waals surface area (Å²) in [5, 5.41) is 6.62. The molecule has 0 spiro atoms. The van der Waals surface area contributed by atoms with Crippen LogP contribution in [-0.4, -0.2) is 29.6 Å². The number of anilines is 1. The quantitative estimate of drug-likeness (QED) is 0.762. The zero-order chi connectivity index (χ0) is 13.1. The van der Waals surface area contributed by atoms with E-state index in [1.165, 1.54) is 25.7 Å². The minimum absolute atomic E-state index is 0.0302. The lowest BCUT2D eigenvalue weighted by atomic mass is 10.1. The van der Waals surface area contributed by atoms with Gasteiger partial charge in [0.1, 0.15) is 0 Å². The summed E-state index contributed by atoms with van der Waals surface area (Å²) in [6.45, 7) is 2.71. The van der Waals surface area contributed by atoms with Gasteiger partial charge in [-0.05, 0) is 31.7 Å². The number of aromatic amines is 1. The van der Waals surface area contributed by atoms with Gasteiger partial charge in [-0.15, -0.1) is 0 Å². The Labute approximate surface area is 113 Å². The molecule has 1 aliphatic carbocycles. The van der Waals surface area contributed by atoms with Crippen LogP contribution in [0.1, 0.15) is 36.9 Å². The van der Waals surface area contributed by atoms with E-state index in [1.54, 1.807) is 0 Å². The maximum atomic E-state index is 12.1. The first-order valence-corrected chi connectivity index (χ1v) is 7.39. The van der Waals surface area contributed by atoms with Crippen LogP contribution < -0.4 is 16.2 Å². The zero-order valence-electron chi connectivity index (χ0n) is 11.3. The van der Waals surface area contributed by atoms with E-state index in [2.05, 4.69) is 20.6 Å². The van der Waals surface area contributed by atoms with E-state index in [-0.39, 0.29) is 5.56 Å². The molecule has 0 radical (unpaired) electrons. The lowest BCUT2D eigenvalue weighted by molar-refractivity contribution is 0.577. The van der Waals surface area contributed by atoms with E-state index in [0.29, 0.717) is 5.95 Å². The summed E-state index contributed by atoms with van der Waals surface area (Å²) < 4.78 is 0. The predicted molar refractivity (Wildman–Crippen MR) is 75.6 cm³/mol. The molecule has 0 unspecified atom stereocenters. The number of H-pyrrole nitrogens is 1. The van der Waals surface area contributed by atoms with Gasteiger partial charge in [-0.3, -0.25) is 9.78 Å². The number of hydrogen-bond donors (Lipinski definition) is 3. The number of nitrogens with one attached hydrogen (secondary N) is 3. The molecule has 5 heteroatoms. The van der Waals surface area contributed by atoms with Crippen LogP contribution in [0.3, 0.4) is 0 Å². The Hall–Kier alpha value is -1.36. The summed E-state index contributed by atoms with van der Waals surface area (Å²) in [6.07, 6.45) is 6.90. The fraction of sp³-hybridized carbons (Fsp3) is 0.714. The third kappa shape index (κ3) is 2.97. The molecular weight excluding hydrogens is 240 g/mol. The standard InChI is InChI=1S/C14H22N4O/c19-13-11-5-7-15-8-6-12(11)17-14(18-13)16-9-10-3-1-2-4-10/h10,15H,1-9H2,(H2,16,17,18,19). The average Bonchev–Trinajstić information content (AvgIpc) is 2.81. The van der Waals surface area contributed by atoms with Crippen molar-refractivity contribution in [3.05, 3.63) is 21.6 Å². The smallest absolute Gasteiger partial charge is 0.255 e. The normalized spacial score (nSPS) is 20.0. The molecule has 104 valence electrons. The summed E-state index contributed by atoms with van der Waals surface area (Å²) in [5.74, 6) is 1.39. The second kappa shape index (κ2) is 5.74. The van der Waals surface area contributed by atoms with Crippen molar-refractivity contribution in [1.82, 2.24) is 15.3 Å². The number of hydrogen-bond acceptors (Lipinski definition) is 4. The minimum atomic E-state index is 0.0302. The number of rotatable bonds is 3. The first kappa shape index (κ1) is 12.7. The Morgan fingerprint density at radius 2 is 2.00 bits per heavy atom. The van der Waals surface area contributed by atoms with Crippen LogP contribution in [0, 0.1) is 5.92 Å². The van der Waals surface area contributed by atoms with Crippen LogP contribution in [0.4, 0.5) is 5.95 Å². The van der Waals surface area contributed by atoms with Crippen molar-refractivity contribution >= 4 is 5.95 Å². The highest BCUT2D eigenvalue weighted by Crippen LogP contribution is 2.24. The molecule has 0 aromatic carbocycles. The van der Waals surface area contributed by atoms with E-state index >= 15 is 0 Å². The Kier molecular flexibility index (Phi) is 3.82. The van der Waals surface area contributed by atoms with Crippen LogP contribution in [0.25, 0.3) is 0 Å². The van der Waals surface area contributed by atoms with Gasteiger partial charge >= 0.3 is 0 Å². The van der Waals surface area contributed by atoms with Gasteiger partial charge in [0, 0.05) is 25.1 Å². The van der Waals surface area contributed by atoms with Gasteiger partial charge in [-0.25, -0.2) is 4.98 Å². The second-order valence-corrected chi connectivity index (χ2v) is 5.62. The van der Waals surface area contributed by atoms with Crippen LogP contribution in [0.2, 0.25) is 0 Å².